The van der Waals surface area contributed by atoms with Crippen LogP contribution in [0.2, 0.25) is 0 Å². The summed E-state index contributed by atoms with van der Waals surface area (Å²) >= 11 is 0. The minimum atomic E-state index is -1.25. The summed E-state index contributed by atoms with van der Waals surface area (Å²) in [6, 6.07) is 2.41. The second-order valence-electron chi connectivity index (χ2n) is 4.13. The first-order valence-electron chi connectivity index (χ1n) is 6.06. The second kappa shape index (κ2) is 7.42. The van der Waals surface area contributed by atoms with E-state index in [0.29, 0.717) is 19.4 Å². The lowest BCUT2D eigenvalue weighted by Gasteiger charge is -2.09. The van der Waals surface area contributed by atoms with Gasteiger partial charge in [0.1, 0.15) is 0 Å². The number of benzene rings is 1. The molecule has 0 fully saturated rings. The summed E-state index contributed by atoms with van der Waals surface area (Å²) in [6.07, 6.45) is 1.40. The van der Waals surface area contributed by atoms with Crippen molar-refractivity contribution in [3.05, 3.63) is 29.3 Å². The smallest absolute Gasteiger partial charge is 0.340 e. The standard InChI is InChI=1S/C13H16F2N2O3/c1-20-13(19)8-5-6-9(12(15)11(8)14)17-7-3-2-4-10(16)18/h5-6,17H,2-4,7H2,1H3,(H2,16,18). The Bertz CT molecular complexity index is 507. The van der Waals surface area contributed by atoms with Crippen molar-refractivity contribution in [2.75, 3.05) is 19.0 Å². The van der Waals surface area contributed by atoms with Crippen LogP contribution in [0.3, 0.4) is 0 Å². The summed E-state index contributed by atoms with van der Waals surface area (Å²) in [5, 5.41) is 2.69. The van der Waals surface area contributed by atoms with E-state index in [-0.39, 0.29) is 12.1 Å². The number of carbonyl (C=O) groups is 2. The number of nitrogens with one attached hydrogen (secondary N) is 1. The van der Waals surface area contributed by atoms with E-state index < -0.39 is 29.1 Å². The number of halogens is 2. The highest BCUT2D eigenvalue weighted by molar-refractivity contribution is 5.90. The van der Waals surface area contributed by atoms with Gasteiger partial charge in [-0.25, -0.2) is 13.6 Å². The lowest BCUT2D eigenvalue weighted by atomic mass is 10.1. The summed E-state index contributed by atoms with van der Waals surface area (Å²) in [6.45, 7) is 0.362. The van der Waals surface area contributed by atoms with Crippen LogP contribution in [0.5, 0.6) is 0 Å². The molecule has 0 unspecified atom stereocenters. The van der Waals surface area contributed by atoms with Crippen molar-refractivity contribution < 1.29 is 23.1 Å². The van der Waals surface area contributed by atoms with Crippen molar-refractivity contribution in [1.82, 2.24) is 0 Å². The van der Waals surface area contributed by atoms with E-state index in [1.807, 2.05) is 0 Å². The SMILES string of the molecule is COC(=O)c1ccc(NCCCCC(N)=O)c(F)c1F. The molecule has 110 valence electrons. The largest absolute Gasteiger partial charge is 0.465 e. The van der Waals surface area contributed by atoms with E-state index in [0.717, 1.165) is 13.2 Å². The molecule has 3 N–H and O–H groups in total. The molecular weight excluding hydrogens is 270 g/mol. The normalized spacial score (nSPS) is 10.2. The van der Waals surface area contributed by atoms with Crippen molar-refractivity contribution >= 4 is 17.6 Å². The average Bonchev–Trinajstić information content (AvgIpc) is 2.42. The molecule has 7 heteroatoms. The van der Waals surface area contributed by atoms with Gasteiger partial charge in [-0.3, -0.25) is 4.79 Å². The lowest BCUT2D eigenvalue weighted by Crippen LogP contribution is -2.12. The molecule has 1 rings (SSSR count). The predicted octanol–water partition coefficient (Wildman–Crippen LogP) is 1.82. The number of ether oxygens (including phenoxy) is 1. The highest BCUT2D eigenvalue weighted by Crippen LogP contribution is 2.21. The van der Waals surface area contributed by atoms with Crippen LogP contribution in [0.25, 0.3) is 0 Å². The summed E-state index contributed by atoms with van der Waals surface area (Å²) < 4.78 is 31.6. The van der Waals surface area contributed by atoms with Crippen LogP contribution in [0.1, 0.15) is 29.6 Å². The minimum Gasteiger partial charge on any atom is -0.465 e. The summed E-state index contributed by atoms with van der Waals surface area (Å²) in [5.41, 5.74) is 4.47. The third-order valence-corrected chi connectivity index (χ3v) is 2.65. The first-order chi connectivity index (χ1) is 9.47. The summed E-state index contributed by atoms with van der Waals surface area (Å²) in [5.74, 6) is -3.72. The van der Waals surface area contributed by atoms with Crippen LogP contribution in [0.15, 0.2) is 12.1 Å². The Morgan fingerprint density at radius 3 is 2.55 bits per heavy atom. The number of unbranched alkanes of at least 4 members (excludes halogenated alkanes) is 1. The third-order valence-electron chi connectivity index (χ3n) is 2.65. The number of nitrogens with two attached hydrogens (primary N) is 1. The van der Waals surface area contributed by atoms with Crippen molar-refractivity contribution in [3.8, 4) is 0 Å². The zero-order chi connectivity index (χ0) is 15.1. The Balaban J connectivity index is 2.62. The minimum absolute atomic E-state index is 0.0470. The maximum atomic E-state index is 13.7. The van der Waals surface area contributed by atoms with Gasteiger partial charge in [-0.1, -0.05) is 0 Å². The summed E-state index contributed by atoms with van der Waals surface area (Å²) in [7, 11) is 1.09. The monoisotopic (exact) mass is 286 g/mol. The van der Waals surface area contributed by atoms with Gasteiger partial charge in [0.05, 0.1) is 18.4 Å². The molecule has 0 aromatic heterocycles. The molecule has 5 nitrogen and oxygen atoms in total. The Kier molecular flexibility index (Phi) is 5.89. The first-order valence-corrected chi connectivity index (χ1v) is 6.06. The Labute approximate surface area is 115 Å². The van der Waals surface area contributed by atoms with Crippen LogP contribution < -0.4 is 11.1 Å². The number of methoxy groups -OCH3 is 1. The van der Waals surface area contributed by atoms with Crippen molar-refractivity contribution in [1.29, 1.82) is 0 Å². The van der Waals surface area contributed by atoms with E-state index in [2.05, 4.69) is 10.1 Å². The van der Waals surface area contributed by atoms with Crippen LogP contribution in [0, 0.1) is 11.6 Å². The van der Waals surface area contributed by atoms with Gasteiger partial charge in [-0.2, -0.15) is 0 Å². The van der Waals surface area contributed by atoms with Gasteiger partial charge in [0.25, 0.3) is 0 Å². The van der Waals surface area contributed by atoms with Crippen molar-refractivity contribution in [2.24, 2.45) is 5.73 Å². The van der Waals surface area contributed by atoms with Gasteiger partial charge in [0.2, 0.25) is 5.91 Å². The number of esters is 1. The number of amides is 1. The van der Waals surface area contributed by atoms with Crippen LogP contribution in [-0.2, 0) is 9.53 Å². The van der Waals surface area contributed by atoms with Crippen LogP contribution in [0.4, 0.5) is 14.5 Å². The molecular formula is C13H16F2N2O3. The molecule has 0 bridgehead atoms. The number of rotatable bonds is 7. The number of hydrogen-bond donors (Lipinski definition) is 2. The van der Waals surface area contributed by atoms with E-state index in [9.17, 15) is 18.4 Å². The zero-order valence-electron chi connectivity index (χ0n) is 11.0. The highest BCUT2D eigenvalue weighted by Gasteiger charge is 2.18. The van der Waals surface area contributed by atoms with E-state index in [4.69, 9.17) is 5.73 Å². The highest BCUT2D eigenvalue weighted by atomic mass is 19.2. The maximum absolute atomic E-state index is 13.7. The lowest BCUT2D eigenvalue weighted by molar-refractivity contribution is -0.118. The second-order valence-corrected chi connectivity index (χ2v) is 4.13. The molecule has 20 heavy (non-hydrogen) atoms. The number of anilines is 1. The number of hydrogen-bond acceptors (Lipinski definition) is 4. The fourth-order valence-electron chi connectivity index (χ4n) is 1.60. The van der Waals surface area contributed by atoms with Gasteiger partial charge < -0.3 is 15.8 Å². The van der Waals surface area contributed by atoms with Gasteiger partial charge in [-0.05, 0) is 25.0 Å². The number of primary amides is 1. The van der Waals surface area contributed by atoms with E-state index >= 15 is 0 Å². The molecule has 0 spiro atoms. The van der Waals surface area contributed by atoms with Crippen molar-refractivity contribution in [3.63, 3.8) is 0 Å². The topological polar surface area (TPSA) is 81.4 Å². The van der Waals surface area contributed by atoms with Gasteiger partial charge in [0, 0.05) is 13.0 Å². The molecule has 0 saturated heterocycles. The molecule has 0 saturated carbocycles. The molecule has 0 heterocycles. The fourth-order valence-corrected chi connectivity index (χ4v) is 1.60. The van der Waals surface area contributed by atoms with Gasteiger partial charge in [0.15, 0.2) is 11.6 Å². The van der Waals surface area contributed by atoms with Crippen molar-refractivity contribution in [2.45, 2.75) is 19.3 Å². The Hall–Kier alpha value is -2.18. The summed E-state index contributed by atoms with van der Waals surface area (Å²) in [4.78, 5) is 21.7. The fraction of sp³-hybridized carbons (Fsp3) is 0.385. The molecule has 0 aliphatic rings. The van der Waals surface area contributed by atoms with Gasteiger partial charge in [-0.15, -0.1) is 0 Å². The first kappa shape index (κ1) is 15.9. The molecule has 1 aromatic carbocycles. The molecule has 0 aliphatic heterocycles. The van der Waals surface area contributed by atoms with E-state index in [1.54, 1.807) is 0 Å². The van der Waals surface area contributed by atoms with Crippen LogP contribution >= 0.6 is 0 Å². The maximum Gasteiger partial charge on any atom is 0.340 e. The Morgan fingerprint density at radius 2 is 1.95 bits per heavy atom. The van der Waals surface area contributed by atoms with Gasteiger partial charge >= 0.3 is 5.97 Å². The quantitative estimate of drug-likeness (QED) is 0.591. The molecule has 0 radical (unpaired) electrons. The molecule has 1 amide bonds. The molecule has 0 aliphatic carbocycles. The van der Waals surface area contributed by atoms with E-state index in [1.165, 1.54) is 6.07 Å². The average molecular weight is 286 g/mol. The number of carbonyl (C=O) groups excluding carboxylic acids is 2. The molecule has 0 atom stereocenters. The van der Waals surface area contributed by atoms with Crippen LogP contribution in [-0.4, -0.2) is 25.5 Å². The Morgan fingerprint density at radius 1 is 1.25 bits per heavy atom. The zero-order valence-corrected chi connectivity index (χ0v) is 11.0. The third kappa shape index (κ3) is 4.18. The predicted molar refractivity (Wildman–Crippen MR) is 69.2 cm³/mol. The molecule has 1 aromatic rings.